The predicted octanol–water partition coefficient (Wildman–Crippen LogP) is 5.38. The topological polar surface area (TPSA) is 73.5 Å². The molecule has 0 amide bonds. The second-order valence-corrected chi connectivity index (χ2v) is 6.88. The molecule has 0 spiro atoms. The summed E-state index contributed by atoms with van der Waals surface area (Å²) in [5.74, 6) is 2.09. The minimum atomic E-state index is 0.0948. The molecule has 7 nitrogen and oxygen atoms in total. The average Bonchev–Trinajstić information content (AvgIpc) is 3.21. The number of aromatic nitrogens is 3. The van der Waals surface area contributed by atoms with Crippen molar-refractivity contribution >= 4 is 45.8 Å². The Hall–Kier alpha value is -3.03. The van der Waals surface area contributed by atoms with E-state index in [0.717, 1.165) is 5.56 Å². The number of rotatable bonds is 5. The maximum atomic E-state index is 6.27. The molecular formula is C20H16Cl2N4O3. The van der Waals surface area contributed by atoms with Gasteiger partial charge in [0.05, 0.1) is 24.8 Å². The van der Waals surface area contributed by atoms with Gasteiger partial charge in [0.15, 0.2) is 11.5 Å². The number of halogens is 2. The van der Waals surface area contributed by atoms with Crippen LogP contribution in [0.1, 0.15) is 0 Å². The molecule has 29 heavy (non-hydrogen) atoms. The molecular weight excluding hydrogens is 415 g/mol. The number of ether oxygens (including phenoxy) is 2. The van der Waals surface area contributed by atoms with Gasteiger partial charge in [0.25, 0.3) is 0 Å². The van der Waals surface area contributed by atoms with Crippen LogP contribution < -0.4 is 14.4 Å². The monoisotopic (exact) mass is 430 g/mol. The molecule has 0 radical (unpaired) electrons. The van der Waals surface area contributed by atoms with Crippen LogP contribution in [0.5, 0.6) is 11.5 Å². The lowest BCUT2D eigenvalue weighted by molar-refractivity contribution is 0.356. The number of anilines is 2. The first-order valence-corrected chi connectivity index (χ1v) is 9.32. The third-order valence-electron chi connectivity index (χ3n) is 4.45. The van der Waals surface area contributed by atoms with Crippen molar-refractivity contribution in [2.45, 2.75) is 0 Å². The molecule has 2 heterocycles. The van der Waals surface area contributed by atoms with E-state index in [0.29, 0.717) is 44.8 Å². The van der Waals surface area contributed by atoms with E-state index < -0.39 is 0 Å². The van der Waals surface area contributed by atoms with Gasteiger partial charge >= 0.3 is 0 Å². The standard InChI is InChI=1S/C20H16Cl2N4O3/c1-26(18-10-15(25-29-18)11-6-4-5-7-13(11)21)19-12-8-16(27-2)17(28-3)9-14(12)23-20(22)24-19/h4-10H,1-3H3. The van der Waals surface area contributed by atoms with Crippen LogP contribution in [0.15, 0.2) is 47.0 Å². The first kappa shape index (κ1) is 19.3. The van der Waals surface area contributed by atoms with Crippen LogP contribution in [0.3, 0.4) is 0 Å². The summed E-state index contributed by atoms with van der Waals surface area (Å²) in [5, 5.41) is 5.53. The van der Waals surface area contributed by atoms with Gasteiger partial charge in [0, 0.05) is 30.1 Å². The van der Waals surface area contributed by atoms with Crippen molar-refractivity contribution in [3.63, 3.8) is 0 Å². The zero-order valence-corrected chi connectivity index (χ0v) is 17.3. The molecule has 4 aromatic rings. The van der Waals surface area contributed by atoms with Gasteiger partial charge in [-0.2, -0.15) is 4.98 Å². The molecule has 0 saturated carbocycles. The third kappa shape index (κ3) is 3.54. The molecule has 2 aromatic heterocycles. The molecule has 0 bridgehead atoms. The second kappa shape index (κ2) is 7.77. The van der Waals surface area contributed by atoms with E-state index in [9.17, 15) is 0 Å². The summed E-state index contributed by atoms with van der Waals surface area (Å²) in [5.41, 5.74) is 1.99. The van der Waals surface area contributed by atoms with Crippen molar-refractivity contribution in [2.75, 3.05) is 26.2 Å². The molecule has 0 unspecified atom stereocenters. The van der Waals surface area contributed by atoms with Crippen molar-refractivity contribution in [3.8, 4) is 22.8 Å². The van der Waals surface area contributed by atoms with E-state index in [1.807, 2.05) is 18.2 Å². The number of methoxy groups -OCH3 is 2. The highest BCUT2D eigenvalue weighted by Crippen LogP contribution is 2.38. The summed E-state index contributed by atoms with van der Waals surface area (Å²) < 4.78 is 16.3. The minimum absolute atomic E-state index is 0.0948. The Bertz CT molecular complexity index is 1200. The van der Waals surface area contributed by atoms with Crippen LogP contribution in [0.4, 0.5) is 11.7 Å². The summed E-state index contributed by atoms with van der Waals surface area (Å²) in [7, 11) is 4.92. The Morgan fingerprint density at radius 3 is 2.41 bits per heavy atom. The SMILES string of the molecule is COc1cc2nc(Cl)nc(N(C)c3cc(-c4ccccc4Cl)no3)c2cc1OC. The number of fused-ring (bicyclic) bond motifs is 1. The minimum Gasteiger partial charge on any atom is -0.493 e. The molecule has 9 heteroatoms. The van der Waals surface area contributed by atoms with Gasteiger partial charge in [0.2, 0.25) is 11.2 Å². The lowest BCUT2D eigenvalue weighted by atomic mass is 10.1. The van der Waals surface area contributed by atoms with Gasteiger partial charge in [-0.05, 0) is 23.7 Å². The summed E-state index contributed by atoms with van der Waals surface area (Å²) in [4.78, 5) is 10.4. The summed E-state index contributed by atoms with van der Waals surface area (Å²) in [6.07, 6.45) is 0. The third-order valence-corrected chi connectivity index (χ3v) is 4.95. The highest BCUT2D eigenvalue weighted by atomic mass is 35.5. The largest absolute Gasteiger partial charge is 0.493 e. The zero-order chi connectivity index (χ0) is 20.5. The van der Waals surface area contributed by atoms with Gasteiger partial charge in [-0.1, -0.05) is 35.0 Å². The second-order valence-electron chi connectivity index (χ2n) is 6.13. The smallest absolute Gasteiger partial charge is 0.233 e. The summed E-state index contributed by atoms with van der Waals surface area (Å²) >= 11 is 12.4. The Labute approximate surface area is 176 Å². The van der Waals surface area contributed by atoms with Gasteiger partial charge in [0.1, 0.15) is 11.5 Å². The van der Waals surface area contributed by atoms with Gasteiger partial charge in [-0.3, -0.25) is 4.90 Å². The fourth-order valence-electron chi connectivity index (χ4n) is 2.99. The van der Waals surface area contributed by atoms with E-state index in [2.05, 4.69) is 15.1 Å². The van der Waals surface area contributed by atoms with Crippen LogP contribution in [0, 0.1) is 0 Å². The maximum absolute atomic E-state index is 6.27. The molecule has 148 valence electrons. The molecule has 0 saturated heterocycles. The fraction of sp³-hybridized carbons (Fsp3) is 0.150. The van der Waals surface area contributed by atoms with Crippen molar-refractivity contribution in [1.82, 2.24) is 15.1 Å². The molecule has 0 fully saturated rings. The number of hydrogen-bond donors (Lipinski definition) is 0. The van der Waals surface area contributed by atoms with E-state index in [-0.39, 0.29) is 5.28 Å². The van der Waals surface area contributed by atoms with Crippen LogP contribution in [-0.2, 0) is 0 Å². The Morgan fingerprint density at radius 2 is 1.69 bits per heavy atom. The Kier molecular flexibility index (Phi) is 5.17. The predicted molar refractivity (Wildman–Crippen MR) is 113 cm³/mol. The first-order chi connectivity index (χ1) is 14.0. The molecule has 0 aliphatic heterocycles. The van der Waals surface area contributed by atoms with Gasteiger partial charge in [-0.15, -0.1) is 0 Å². The van der Waals surface area contributed by atoms with Crippen LogP contribution in [0.2, 0.25) is 10.3 Å². The fourth-order valence-corrected chi connectivity index (χ4v) is 3.40. The molecule has 0 aliphatic rings. The molecule has 0 atom stereocenters. The van der Waals surface area contributed by atoms with Crippen molar-refractivity contribution in [2.24, 2.45) is 0 Å². The lowest BCUT2D eigenvalue weighted by Gasteiger charge is -2.17. The van der Waals surface area contributed by atoms with Crippen molar-refractivity contribution < 1.29 is 14.0 Å². The van der Waals surface area contributed by atoms with Crippen LogP contribution >= 0.6 is 23.2 Å². The first-order valence-electron chi connectivity index (χ1n) is 8.56. The van der Waals surface area contributed by atoms with E-state index in [1.54, 1.807) is 50.4 Å². The van der Waals surface area contributed by atoms with Crippen molar-refractivity contribution in [1.29, 1.82) is 0 Å². The lowest BCUT2D eigenvalue weighted by Crippen LogP contribution is -2.12. The number of nitrogens with zero attached hydrogens (tertiary/aromatic N) is 4. The molecule has 0 N–H and O–H groups in total. The van der Waals surface area contributed by atoms with E-state index >= 15 is 0 Å². The van der Waals surface area contributed by atoms with Gasteiger partial charge < -0.3 is 14.0 Å². The Morgan fingerprint density at radius 1 is 0.966 bits per heavy atom. The molecule has 4 rings (SSSR count). The highest BCUT2D eigenvalue weighted by Gasteiger charge is 2.20. The van der Waals surface area contributed by atoms with Crippen LogP contribution in [-0.4, -0.2) is 36.4 Å². The quantitative estimate of drug-likeness (QED) is 0.393. The Balaban J connectivity index is 1.81. The van der Waals surface area contributed by atoms with E-state index in [1.165, 1.54) is 0 Å². The number of benzene rings is 2. The molecule has 0 aliphatic carbocycles. The molecule has 2 aromatic carbocycles. The zero-order valence-electron chi connectivity index (χ0n) is 15.8. The normalized spacial score (nSPS) is 10.9. The summed E-state index contributed by atoms with van der Waals surface area (Å²) in [6.45, 7) is 0. The summed E-state index contributed by atoms with van der Waals surface area (Å²) in [6, 6.07) is 12.7. The number of hydrogen-bond acceptors (Lipinski definition) is 7. The van der Waals surface area contributed by atoms with E-state index in [4.69, 9.17) is 37.2 Å². The van der Waals surface area contributed by atoms with Crippen molar-refractivity contribution in [3.05, 3.63) is 52.8 Å². The maximum Gasteiger partial charge on any atom is 0.233 e. The van der Waals surface area contributed by atoms with Crippen LogP contribution in [0.25, 0.3) is 22.2 Å². The highest BCUT2D eigenvalue weighted by molar-refractivity contribution is 6.33. The average molecular weight is 431 g/mol. The van der Waals surface area contributed by atoms with Gasteiger partial charge in [-0.25, -0.2) is 4.98 Å².